The molecule has 1 aliphatic rings. The highest BCUT2D eigenvalue weighted by atomic mass is 32.2. The van der Waals surface area contributed by atoms with Gasteiger partial charge in [-0.3, -0.25) is 0 Å². The lowest BCUT2D eigenvalue weighted by molar-refractivity contribution is 0.248. The van der Waals surface area contributed by atoms with E-state index in [9.17, 15) is 13.2 Å². The quantitative estimate of drug-likeness (QED) is 0.887. The Morgan fingerprint density at radius 2 is 1.96 bits per heavy atom. The number of anilines is 1. The maximum atomic E-state index is 12.0. The number of amides is 2. The van der Waals surface area contributed by atoms with E-state index < -0.39 is 9.84 Å². The molecule has 2 N–H and O–H groups in total. The first-order valence-electron chi connectivity index (χ1n) is 7.85. The predicted octanol–water partition coefficient (Wildman–Crippen LogP) is 2.34. The lowest BCUT2D eigenvalue weighted by Crippen LogP contribution is -2.36. The van der Waals surface area contributed by atoms with Gasteiger partial charge >= 0.3 is 6.03 Å². The van der Waals surface area contributed by atoms with E-state index in [2.05, 4.69) is 15.7 Å². The predicted molar refractivity (Wildman–Crippen MR) is 91.1 cm³/mol. The fourth-order valence-corrected chi connectivity index (χ4v) is 3.77. The Morgan fingerprint density at radius 1 is 1.25 bits per heavy atom. The van der Waals surface area contributed by atoms with Crippen LogP contribution in [0.4, 0.5) is 10.5 Å². The van der Waals surface area contributed by atoms with Crippen molar-refractivity contribution in [2.45, 2.75) is 36.6 Å². The van der Waals surface area contributed by atoms with Crippen LogP contribution in [0.25, 0.3) is 5.69 Å². The molecule has 0 unspecified atom stereocenters. The van der Waals surface area contributed by atoms with Gasteiger partial charge in [-0.1, -0.05) is 25.0 Å². The first-order valence-corrected chi connectivity index (χ1v) is 9.74. The van der Waals surface area contributed by atoms with Gasteiger partial charge in [0.15, 0.2) is 9.84 Å². The minimum atomic E-state index is -3.37. The summed E-state index contributed by atoms with van der Waals surface area (Å²) in [4.78, 5) is 12.2. The Hall–Kier alpha value is -2.35. The van der Waals surface area contributed by atoms with Crippen molar-refractivity contribution >= 4 is 21.6 Å². The molecular formula is C16H20N4O3S. The van der Waals surface area contributed by atoms with Gasteiger partial charge in [-0.25, -0.2) is 17.9 Å². The highest BCUT2D eigenvalue weighted by molar-refractivity contribution is 7.90. The van der Waals surface area contributed by atoms with Gasteiger partial charge in [0.25, 0.3) is 0 Å². The molecule has 0 aliphatic heterocycles. The number of sulfone groups is 1. The molecule has 0 saturated heterocycles. The highest BCUT2D eigenvalue weighted by Gasteiger charge is 2.18. The van der Waals surface area contributed by atoms with Crippen molar-refractivity contribution in [2.24, 2.45) is 0 Å². The standard InChI is InChI=1S/C16H20N4O3S/c1-24(22,23)15-9-5-4-8-14(15)20-11-13(10-17-20)19-16(21)18-12-6-2-3-7-12/h4-5,8-12H,2-3,6-7H2,1H3,(H2,18,19,21). The maximum Gasteiger partial charge on any atom is 0.319 e. The number of carbonyl (C=O) groups excluding carboxylic acids is 1. The second-order valence-corrected chi connectivity index (χ2v) is 7.98. The number of hydrogen-bond acceptors (Lipinski definition) is 4. The van der Waals surface area contributed by atoms with Gasteiger partial charge in [-0.05, 0) is 25.0 Å². The first kappa shape index (κ1) is 16.5. The van der Waals surface area contributed by atoms with Crippen molar-refractivity contribution in [1.82, 2.24) is 15.1 Å². The molecule has 0 bridgehead atoms. The average Bonchev–Trinajstić information content (AvgIpc) is 3.18. The van der Waals surface area contributed by atoms with Crippen molar-refractivity contribution in [3.63, 3.8) is 0 Å². The molecule has 0 atom stereocenters. The molecule has 2 amide bonds. The van der Waals surface area contributed by atoms with E-state index in [-0.39, 0.29) is 17.0 Å². The Labute approximate surface area is 141 Å². The summed E-state index contributed by atoms with van der Waals surface area (Å²) in [5.41, 5.74) is 0.957. The SMILES string of the molecule is CS(=O)(=O)c1ccccc1-n1cc(NC(=O)NC2CCCC2)cn1. The molecule has 1 aliphatic carbocycles. The van der Waals surface area contributed by atoms with Crippen LogP contribution in [0, 0.1) is 0 Å². The fourth-order valence-electron chi connectivity index (χ4n) is 2.90. The molecule has 8 heteroatoms. The molecule has 1 fully saturated rings. The van der Waals surface area contributed by atoms with Gasteiger partial charge in [0.05, 0.1) is 28.7 Å². The van der Waals surface area contributed by atoms with Crippen molar-refractivity contribution < 1.29 is 13.2 Å². The molecule has 0 spiro atoms. The van der Waals surface area contributed by atoms with Gasteiger partial charge < -0.3 is 10.6 Å². The third-order valence-electron chi connectivity index (χ3n) is 4.04. The molecule has 3 rings (SSSR count). The number of urea groups is 1. The first-order chi connectivity index (χ1) is 11.4. The maximum absolute atomic E-state index is 12.0. The average molecular weight is 348 g/mol. The van der Waals surface area contributed by atoms with E-state index in [4.69, 9.17) is 0 Å². The smallest absolute Gasteiger partial charge is 0.319 e. The van der Waals surface area contributed by atoms with Crippen LogP contribution in [0.2, 0.25) is 0 Å². The minimum absolute atomic E-state index is 0.190. The number of benzene rings is 1. The largest absolute Gasteiger partial charge is 0.335 e. The zero-order valence-corrected chi connectivity index (χ0v) is 14.2. The Bertz CT molecular complexity index is 839. The highest BCUT2D eigenvalue weighted by Crippen LogP contribution is 2.21. The number of nitrogens with one attached hydrogen (secondary N) is 2. The van der Waals surface area contributed by atoms with Crippen LogP contribution in [0.3, 0.4) is 0 Å². The summed E-state index contributed by atoms with van der Waals surface area (Å²) in [6, 6.07) is 6.57. The fraction of sp³-hybridized carbons (Fsp3) is 0.375. The zero-order valence-electron chi connectivity index (χ0n) is 13.4. The van der Waals surface area contributed by atoms with E-state index in [1.807, 2.05) is 0 Å². The molecule has 1 heterocycles. The van der Waals surface area contributed by atoms with Crippen LogP contribution in [0.5, 0.6) is 0 Å². The van der Waals surface area contributed by atoms with E-state index in [1.165, 1.54) is 16.9 Å². The van der Waals surface area contributed by atoms with Crippen molar-refractivity contribution in [3.05, 3.63) is 36.7 Å². The van der Waals surface area contributed by atoms with Crippen LogP contribution in [0.1, 0.15) is 25.7 Å². The summed E-state index contributed by atoms with van der Waals surface area (Å²) in [5, 5.41) is 9.82. The lowest BCUT2D eigenvalue weighted by atomic mass is 10.2. The Morgan fingerprint density at radius 3 is 2.67 bits per heavy atom. The lowest BCUT2D eigenvalue weighted by Gasteiger charge is -2.11. The third-order valence-corrected chi connectivity index (χ3v) is 5.19. The van der Waals surface area contributed by atoms with Crippen molar-refractivity contribution in [3.8, 4) is 5.69 Å². The molecular weight excluding hydrogens is 328 g/mol. The molecule has 2 aromatic rings. The van der Waals surface area contributed by atoms with Crippen LogP contribution in [-0.4, -0.2) is 36.5 Å². The van der Waals surface area contributed by atoms with Crippen LogP contribution in [-0.2, 0) is 9.84 Å². The number of aromatic nitrogens is 2. The van der Waals surface area contributed by atoms with Gasteiger partial charge in [0.2, 0.25) is 0 Å². The molecule has 24 heavy (non-hydrogen) atoms. The number of hydrogen-bond donors (Lipinski definition) is 2. The van der Waals surface area contributed by atoms with Crippen LogP contribution in [0.15, 0.2) is 41.6 Å². The number of nitrogens with zero attached hydrogens (tertiary/aromatic N) is 2. The molecule has 128 valence electrons. The number of carbonyl (C=O) groups is 1. The summed E-state index contributed by atoms with van der Waals surface area (Å²) in [6.07, 6.45) is 8.55. The van der Waals surface area contributed by atoms with E-state index in [0.29, 0.717) is 11.4 Å². The van der Waals surface area contributed by atoms with E-state index in [1.54, 1.807) is 24.4 Å². The second kappa shape index (κ2) is 6.64. The van der Waals surface area contributed by atoms with Gasteiger partial charge in [-0.2, -0.15) is 5.10 Å². The molecule has 1 aromatic heterocycles. The summed E-state index contributed by atoms with van der Waals surface area (Å²) >= 11 is 0. The minimum Gasteiger partial charge on any atom is -0.335 e. The summed E-state index contributed by atoms with van der Waals surface area (Å²) in [6.45, 7) is 0. The Kier molecular flexibility index (Phi) is 4.57. The second-order valence-electron chi connectivity index (χ2n) is 5.99. The normalized spacial score (nSPS) is 15.4. The summed E-state index contributed by atoms with van der Waals surface area (Å²) in [5.74, 6) is 0. The van der Waals surface area contributed by atoms with Gasteiger partial charge in [0, 0.05) is 12.3 Å². The number of para-hydroxylation sites is 1. The summed E-state index contributed by atoms with van der Waals surface area (Å²) < 4.78 is 25.2. The summed E-state index contributed by atoms with van der Waals surface area (Å²) in [7, 11) is -3.37. The van der Waals surface area contributed by atoms with Gasteiger partial charge in [0.1, 0.15) is 0 Å². The Balaban J connectivity index is 1.75. The molecule has 0 radical (unpaired) electrons. The third kappa shape index (κ3) is 3.76. The van der Waals surface area contributed by atoms with Crippen molar-refractivity contribution in [2.75, 3.05) is 11.6 Å². The number of rotatable bonds is 4. The van der Waals surface area contributed by atoms with Crippen LogP contribution >= 0.6 is 0 Å². The monoisotopic (exact) mass is 348 g/mol. The topological polar surface area (TPSA) is 93.1 Å². The van der Waals surface area contributed by atoms with Crippen molar-refractivity contribution in [1.29, 1.82) is 0 Å². The van der Waals surface area contributed by atoms with Gasteiger partial charge in [-0.15, -0.1) is 0 Å². The molecule has 1 aromatic carbocycles. The van der Waals surface area contributed by atoms with E-state index in [0.717, 1.165) is 31.9 Å². The van der Waals surface area contributed by atoms with E-state index >= 15 is 0 Å². The molecule has 7 nitrogen and oxygen atoms in total. The van der Waals surface area contributed by atoms with Crippen LogP contribution < -0.4 is 10.6 Å². The molecule has 1 saturated carbocycles. The zero-order chi connectivity index (χ0) is 17.2.